The maximum absolute atomic E-state index is 13.8. The van der Waals surface area contributed by atoms with Gasteiger partial charge in [-0.15, -0.1) is 0 Å². The van der Waals surface area contributed by atoms with E-state index in [0.717, 1.165) is 57.8 Å². The summed E-state index contributed by atoms with van der Waals surface area (Å²) in [5, 5.41) is 48.5. The summed E-state index contributed by atoms with van der Waals surface area (Å²) in [7, 11) is -5.31. The average Bonchev–Trinajstić information content (AvgIpc) is 3.33. The number of nitrogens with one attached hydrogen (secondary N) is 2. The van der Waals surface area contributed by atoms with Crippen LogP contribution in [0.5, 0.6) is 0 Å². The minimum Gasteiger partial charge on any atom is -0.457 e. The molecule has 0 aromatic carbocycles. The van der Waals surface area contributed by atoms with Crippen LogP contribution in [-0.4, -0.2) is 128 Å². The van der Waals surface area contributed by atoms with E-state index < -0.39 is 111 Å². The predicted molar refractivity (Wildman–Crippen MR) is 287 cm³/mol. The van der Waals surface area contributed by atoms with Crippen LogP contribution in [0, 0.1) is 5.92 Å². The fraction of sp³-hybridized carbons (Fsp3) is 0.857. The quantitative estimate of drug-likeness (QED) is 0.0122. The van der Waals surface area contributed by atoms with Gasteiger partial charge >= 0.3 is 13.8 Å². The number of ether oxygens (including phenoxy) is 3. The first kappa shape index (κ1) is 67.5. The SMILES string of the molecule is CCCCCC/C=C\CCCC(O)CC(=O)NC1[C@@H](OC(=O)CC(O)CCC/C=C\CCCCCC)[C@H](OP(=O)(O)O)C(CO)C[C@H]1OCC1O[C@H](C)C(NC(=O)CC(O)CCCCCCCCCCC)CC1=O. The minimum atomic E-state index is -5.31. The lowest BCUT2D eigenvalue weighted by molar-refractivity contribution is -0.185. The summed E-state index contributed by atoms with van der Waals surface area (Å²) < 4.78 is 35.9. The van der Waals surface area contributed by atoms with E-state index in [1.54, 1.807) is 6.92 Å². The van der Waals surface area contributed by atoms with Gasteiger partial charge in [0.25, 0.3) is 0 Å². The Balaban J connectivity index is 2.18. The van der Waals surface area contributed by atoms with Gasteiger partial charge in [0.2, 0.25) is 11.8 Å². The van der Waals surface area contributed by atoms with E-state index >= 15 is 0 Å². The molecule has 0 aromatic heterocycles. The molecule has 0 spiro atoms. The zero-order chi connectivity index (χ0) is 54.6. The molecule has 1 aliphatic heterocycles. The van der Waals surface area contributed by atoms with Crippen LogP contribution in [0.4, 0.5) is 0 Å². The van der Waals surface area contributed by atoms with Gasteiger partial charge in [-0.2, -0.15) is 0 Å². The topological polar surface area (TPSA) is 268 Å². The molecule has 2 amide bonds. The number of ketones is 1. The molecule has 430 valence electrons. The first-order valence-electron chi connectivity index (χ1n) is 28.8. The molecular weight excluding hydrogens is 972 g/mol. The molecule has 8 N–H and O–H groups in total. The molecule has 1 heterocycles. The number of hydrogen-bond acceptors (Lipinski definition) is 13. The van der Waals surface area contributed by atoms with Gasteiger partial charge in [-0.05, 0) is 84.0 Å². The highest BCUT2D eigenvalue weighted by atomic mass is 31.2. The normalized spacial score (nSPS) is 23.8. The number of aliphatic hydroxyl groups is 4. The number of carbonyl (C=O) groups excluding carboxylic acids is 4. The van der Waals surface area contributed by atoms with Crippen LogP contribution in [-0.2, 0) is 42.5 Å². The summed E-state index contributed by atoms with van der Waals surface area (Å²) >= 11 is 0. The van der Waals surface area contributed by atoms with E-state index in [0.29, 0.717) is 38.5 Å². The van der Waals surface area contributed by atoms with Gasteiger partial charge in [0.05, 0.1) is 68.5 Å². The monoisotopic (exact) mass is 1070 g/mol. The zero-order valence-corrected chi connectivity index (χ0v) is 46.7. The number of esters is 1. The van der Waals surface area contributed by atoms with Crippen molar-refractivity contribution in [2.45, 2.75) is 288 Å². The molecule has 11 atom stereocenters. The Kier molecular flexibility index (Phi) is 37.1. The number of unbranched alkanes of at least 4 members (excludes halogenated alkanes) is 18. The highest BCUT2D eigenvalue weighted by Gasteiger charge is 2.51. The standard InChI is InChI=1S/C56H101N2O15P/c1-5-8-11-14-17-20-23-26-29-32-44(60)36-51(64)57-47-39-48(63)50(71-42(47)4)41-70-49-35-43(40-59)55(73-74(67,68)69)56(72-53(66)38-46(62)34-31-28-25-22-19-16-13-10-7-3)54(49)58-52(65)37-45(61)33-30-27-24-21-18-15-12-9-6-2/h21-22,24-25,42-47,49-50,54-56,59-62H,5-20,23,26-41H2,1-4H3,(H,57,64)(H,58,65)(H2,67,68,69)/b24-21-,25-22-/t42-,43?,44?,45?,46?,47?,49-,50?,54?,55-,56-/m1/s1. The molecule has 17 nitrogen and oxygen atoms in total. The van der Waals surface area contributed by atoms with E-state index in [-0.39, 0.29) is 38.7 Å². The molecule has 1 aliphatic carbocycles. The maximum Gasteiger partial charge on any atom is 0.469 e. The predicted octanol–water partition coefficient (Wildman–Crippen LogP) is 9.06. The Morgan fingerprint density at radius 3 is 1.64 bits per heavy atom. The molecule has 2 rings (SSSR count). The lowest BCUT2D eigenvalue weighted by Gasteiger charge is -2.46. The van der Waals surface area contributed by atoms with Crippen molar-refractivity contribution in [2.75, 3.05) is 13.2 Å². The largest absolute Gasteiger partial charge is 0.469 e. The van der Waals surface area contributed by atoms with Crippen molar-refractivity contribution in [2.24, 2.45) is 5.92 Å². The fourth-order valence-electron chi connectivity index (χ4n) is 9.81. The molecule has 1 saturated carbocycles. The van der Waals surface area contributed by atoms with Crippen LogP contribution >= 0.6 is 7.82 Å². The van der Waals surface area contributed by atoms with Crippen molar-refractivity contribution in [3.8, 4) is 0 Å². The molecule has 2 aliphatic rings. The van der Waals surface area contributed by atoms with E-state index in [2.05, 4.69) is 49.6 Å². The van der Waals surface area contributed by atoms with Crippen molar-refractivity contribution in [3.05, 3.63) is 24.3 Å². The van der Waals surface area contributed by atoms with Crippen LogP contribution in [0.25, 0.3) is 0 Å². The van der Waals surface area contributed by atoms with E-state index in [1.165, 1.54) is 64.2 Å². The summed E-state index contributed by atoms with van der Waals surface area (Å²) in [5.41, 5.74) is 0. The van der Waals surface area contributed by atoms with Gasteiger partial charge in [0, 0.05) is 18.9 Å². The second kappa shape index (κ2) is 40.6. The highest BCUT2D eigenvalue weighted by Crippen LogP contribution is 2.44. The summed E-state index contributed by atoms with van der Waals surface area (Å²) in [6.07, 6.45) is 23.0. The van der Waals surface area contributed by atoms with E-state index in [1.807, 2.05) is 6.08 Å². The Hall–Kier alpha value is -2.57. The Morgan fingerprint density at radius 1 is 0.662 bits per heavy atom. The molecule has 2 fully saturated rings. The number of amides is 2. The van der Waals surface area contributed by atoms with Crippen LogP contribution in [0.3, 0.4) is 0 Å². The van der Waals surface area contributed by atoms with Crippen molar-refractivity contribution in [1.29, 1.82) is 0 Å². The molecule has 18 heteroatoms. The van der Waals surface area contributed by atoms with Crippen LogP contribution in [0.2, 0.25) is 0 Å². The Labute approximate surface area is 444 Å². The highest BCUT2D eigenvalue weighted by molar-refractivity contribution is 7.46. The average molecular weight is 1070 g/mol. The molecule has 0 aromatic rings. The van der Waals surface area contributed by atoms with Gasteiger partial charge in [-0.3, -0.25) is 23.7 Å². The second-order valence-electron chi connectivity index (χ2n) is 21.0. The number of carbonyl (C=O) groups is 4. The lowest BCUT2D eigenvalue weighted by atomic mass is 9.79. The van der Waals surface area contributed by atoms with Gasteiger partial charge in [-0.25, -0.2) is 4.57 Å². The van der Waals surface area contributed by atoms with Crippen molar-refractivity contribution in [1.82, 2.24) is 10.6 Å². The van der Waals surface area contributed by atoms with Gasteiger partial charge in [0.1, 0.15) is 12.2 Å². The zero-order valence-electron chi connectivity index (χ0n) is 45.8. The van der Waals surface area contributed by atoms with Crippen molar-refractivity contribution in [3.63, 3.8) is 0 Å². The van der Waals surface area contributed by atoms with Gasteiger partial charge in [-0.1, -0.05) is 141 Å². The summed E-state index contributed by atoms with van der Waals surface area (Å²) in [6.45, 7) is 7.14. The number of aliphatic hydroxyl groups excluding tert-OH is 4. The smallest absolute Gasteiger partial charge is 0.457 e. The van der Waals surface area contributed by atoms with Gasteiger partial charge in [0.15, 0.2) is 11.9 Å². The van der Waals surface area contributed by atoms with E-state index in [4.69, 9.17) is 18.7 Å². The molecular formula is C56H101N2O15P. The van der Waals surface area contributed by atoms with Crippen LogP contribution in [0.15, 0.2) is 24.3 Å². The fourth-order valence-corrected chi connectivity index (χ4v) is 10.4. The first-order valence-corrected chi connectivity index (χ1v) is 30.3. The third-order valence-corrected chi connectivity index (χ3v) is 14.7. The molecule has 1 saturated heterocycles. The van der Waals surface area contributed by atoms with Crippen molar-refractivity contribution < 1.29 is 72.7 Å². The molecule has 74 heavy (non-hydrogen) atoms. The Morgan fingerprint density at radius 2 is 1.12 bits per heavy atom. The third-order valence-electron chi connectivity index (χ3n) is 14.2. The maximum atomic E-state index is 13.8. The number of rotatable bonds is 43. The van der Waals surface area contributed by atoms with Crippen LogP contribution in [0.1, 0.15) is 227 Å². The number of phosphoric ester groups is 1. The second-order valence-corrected chi connectivity index (χ2v) is 22.2. The van der Waals surface area contributed by atoms with Crippen molar-refractivity contribution >= 4 is 31.4 Å². The lowest BCUT2D eigenvalue weighted by Crippen LogP contribution is -2.64. The molecule has 0 bridgehead atoms. The first-order chi connectivity index (χ1) is 35.5. The number of phosphoric acid groups is 1. The Bertz CT molecular complexity index is 1630. The number of hydrogen-bond donors (Lipinski definition) is 8. The van der Waals surface area contributed by atoms with E-state index in [9.17, 15) is 54.0 Å². The number of allylic oxidation sites excluding steroid dienone is 4. The minimum absolute atomic E-state index is 0.0951. The third kappa shape index (κ3) is 31.0. The van der Waals surface area contributed by atoms with Gasteiger partial charge < -0.3 is 55.1 Å². The number of Topliss-reactive ketones (excluding diaryl/α,β-unsaturated/α-hetero) is 1. The summed E-state index contributed by atoms with van der Waals surface area (Å²) in [5.74, 6) is -3.54. The summed E-state index contributed by atoms with van der Waals surface area (Å²) in [4.78, 5) is 74.0. The summed E-state index contributed by atoms with van der Waals surface area (Å²) in [6, 6.07) is -2.05. The molecule has 0 radical (unpaired) electrons. The molecule has 7 unspecified atom stereocenters. The van der Waals surface area contributed by atoms with Crippen LogP contribution < -0.4 is 10.6 Å².